The Balaban J connectivity index is 1.88. The van der Waals surface area contributed by atoms with Crippen molar-refractivity contribution in [2.24, 2.45) is 0 Å². The molecule has 0 unspecified atom stereocenters. The zero-order valence-electron chi connectivity index (χ0n) is 12.4. The predicted octanol–water partition coefficient (Wildman–Crippen LogP) is 1.86. The summed E-state index contributed by atoms with van der Waals surface area (Å²) in [5.41, 5.74) is 0.781. The van der Waals surface area contributed by atoms with Crippen molar-refractivity contribution in [3.63, 3.8) is 0 Å². The Hall–Kier alpha value is -1.18. The SMILES string of the molecule is Cc1ccc(F)c(NS(=O)(=O)N(C)CCCNC2CC2)c1. The molecule has 0 radical (unpaired) electrons. The molecule has 1 aliphatic rings. The van der Waals surface area contributed by atoms with E-state index >= 15 is 0 Å². The third-order valence-corrected chi connectivity index (χ3v) is 4.91. The Bertz CT molecular complexity index is 588. The lowest BCUT2D eigenvalue weighted by atomic mass is 10.2. The van der Waals surface area contributed by atoms with Crippen LogP contribution in [0.3, 0.4) is 0 Å². The van der Waals surface area contributed by atoms with Gasteiger partial charge in [0.1, 0.15) is 5.82 Å². The van der Waals surface area contributed by atoms with Gasteiger partial charge in [-0.1, -0.05) is 6.07 Å². The van der Waals surface area contributed by atoms with Crippen molar-refractivity contribution in [1.29, 1.82) is 0 Å². The fraction of sp³-hybridized carbons (Fsp3) is 0.571. The van der Waals surface area contributed by atoms with Gasteiger partial charge in [-0.3, -0.25) is 4.72 Å². The minimum absolute atomic E-state index is 0.0158. The first-order chi connectivity index (χ1) is 9.88. The maximum Gasteiger partial charge on any atom is 0.301 e. The Morgan fingerprint density at radius 1 is 1.38 bits per heavy atom. The van der Waals surface area contributed by atoms with Crippen LogP contribution in [0.25, 0.3) is 0 Å². The topological polar surface area (TPSA) is 61.4 Å². The van der Waals surface area contributed by atoms with Gasteiger partial charge in [0.15, 0.2) is 0 Å². The number of aryl methyl sites for hydroxylation is 1. The quantitative estimate of drug-likeness (QED) is 0.720. The van der Waals surface area contributed by atoms with E-state index in [0.29, 0.717) is 12.6 Å². The third kappa shape index (κ3) is 4.94. The number of rotatable bonds is 8. The molecule has 2 N–H and O–H groups in total. The third-order valence-electron chi connectivity index (χ3n) is 3.43. The van der Waals surface area contributed by atoms with Crippen LogP contribution in [0, 0.1) is 12.7 Å². The molecule has 0 aliphatic heterocycles. The normalized spacial score (nSPS) is 15.4. The average Bonchev–Trinajstić information content (AvgIpc) is 3.22. The summed E-state index contributed by atoms with van der Waals surface area (Å²) in [7, 11) is -2.23. The average molecular weight is 315 g/mol. The van der Waals surface area contributed by atoms with Gasteiger partial charge in [-0.2, -0.15) is 12.7 Å². The smallest absolute Gasteiger partial charge is 0.301 e. The van der Waals surface area contributed by atoms with Crippen LogP contribution in [-0.2, 0) is 10.2 Å². The van der Waals surface area contributed by atoms with Gasteiger partial charge in [0, 0.05) is 19.6 Å². The summed E-state index contributed by atoms with van der Waals surface area (Å²) in [6.45, 7) is 2.97. The van der Waals surface area contributed by atoms with Gasteiger partial charge in [-0.05, 0) is 50.4 Å². The number of benzene rings is 1. The Kier molecular flexibility index (Phi) is 5.18. The number of anilines is 1. The lowest BCUT2D eigenvalue weighted by Crippen LogP contribution is -2.35. The molecule has 2 rings (SSSR count). The van der Waals surface area contributed by atoms with Crippen molar-refractivity contribution < 1.29 is 12.8 Å². The largest absolute Gasteiger partial charge is 0.314 e. The molecule has 118 valence electrons. The summed E-state index contributed by atoms with van der Waals surface area (Å²) in [5.74, 6) is -0.576. The van der Waals surface area contributed by atoms with Crippen LogP contribution in [0.5, 0.6) is 0 Å². The Morgan fingerprint density at radius 3 is 2.76 bits per heavy atom. The molecular formula is C14H22FN3O2S. The number of halogens is 1. The van der Waals surface area contributed by atoms with Crippen LogP contribution in [0.2, 0.25) is 0 Å². The molecule has 0 aromatic heterocycles. The highest BCUT2D eigenvalue weighted by Crippen LogP contribution is 2.19. The van der Waals surface area contributed by atoms with E-state index in [0.717, 1.165) is 18.5 Å². The van der Waals surface area contributed by atoms with E-state index < -0.39 is 16.0 Å². The van der Waals surface area contributed by atoms with E-state index in [2.05, 4.69) is 10.0 Å². The standard InChI is InChI=1S/C14H22FN3O2S/c1-11-4-7-13(15)14(10-11)17-21(19,20)18(2)9-3-8-16-12-5-6-12/h4,7,10,12,16-17H,3,5-6,8-9H2,1-2H3. The molecule has 5 nitrogen and oxygen atoms in total. The van der Waals surface area contributed by atoms with Crippen molar-refractivity contribution in [2.45, 2.75) is 32.2 Å². The first-order valence-corrected chi connectivity index (χ1v) is 8.56. The van der Waals surface area contributed by atoms with Crippen LogP contribution in [0.15, 0.2) is 18.2 Å². The molecule has 1 fully saturated rings. The van der Waals surface area contributed by atoms with Crippen LogP contribution in [0.4, 0.5) is 10.1 Å². The monoisotopic (exact) mass is 315 g/mol. The lowest BCUT2D eigenvalue weighted by molar-refractivity contribution is 0.457. The minimum atomic E-state index is -3.72. The summed E-state index contributed by atoms with van der Waals surface area (Å²) < 4.78 is 41.4. The number of nitrogens with one attached hydrogen (secondary N) is 2. The van der Waals surface area contributed by atoms with Gasteiger partial charge in [0.05, 0.1) is 5.69 Å². The van der Waals surface area contributed by atoms with Gasteiger partial charge in [-0.25, -0.2) is 4.39 Å². The summed E-state index contributed by atoms with van der Waals surface area (Å²) in [6, 6.07) is 4.95. The highest BCUT2D eigenvalue weighted by Gasteiger charge is 2.21. The second kappa shape index (κ2) is 6.72. The zero-order valence-corrected chi connectivity index (χ0v) is 13.2. The van der Waals surface area contributed by atoms with Crippen molar-refractivity contribution in [3.8, 4) is 0 Å². The summed E-state index contributed by atoms with van der Waals surface area (Å²) in [6.07, 6.45) is 3.15. The molecular weight excluding hydrogens is 293 g/mol. The van der Waals surface area contributed by atoms with Gasteiger partial charge in [0.25, 0.3) is 0 Å². The number of nitrogens with zero attached hydrogens (tertiary/aromatic N) is 1. The van der Waals surface area contributed by atoms with E-state index in [1.165, 1.54) is 36.3 Å². The van der Waals surface area contributed by atoms with E-state index in [9.17, 15) is 12.8 Å². The number of hydrogen-bond acceptors (Lipinski definition) is 3. The van der Waals surface area contributed by atoms with Crippen LogP contribution in [0.1, 0.15) is 24.8 Å². The van der Waals surface area contributed by atoms with Gasteiger partial charge >= 0.3 is 10.2 Å². The molecule has 0 amide bonds. The first kappa shape index (κ1) is 16.2. The van der Waals surface area contributed by atoms with E-state index in [1.54, 1.807) is 13.0 Å². The highest BCUT2D eigenvalue weighted by molar-refractivity contribution is 7.90. The minimum Gasteiger partial charge on any atom is -0.314 e. The Labute approximate surface area is 125 Å². The fourth-order valence-corrected chi connectivity index (χ4v) is 2.91. The molecule has 7 heteroatoms. The lowest BCUT2D eigenvalue weighted by Gasteiger charge is -2.19. The molecule has 1 aliphatic carbocycles. The van der Waals surface area contributed by atoms with Crippen molar-refractivity contribution >= 4 is 15.9 Å². The van der Waals surface area contributed by atoms with Gasteiger partial charge < -0.3 is 5.32 Å². The van der Waals surface area contributed by atoms with Gasteiger partial charge in [-0.15, -0.1) is 0 Å². The fourth-order valence-electron chi connectivity index (χ4n) is 1.95. The number of hydrogen-bond donors (Lipinski definition) is 2. The summed E-state index contributed by atoms with van der Waals surface area (Å²) in [4.78, 5) is 0. The molecule has 1 saturated carbocycles. The molecule has 0 spiro atoms. The summed E-state index contributed by atoms with van der Waals surface area (Å²) >= 11 is 0. The zero-order chi connectivity index (χ0) is 15.5. The molecule has 0 atom stereocenters. The molecule has 1 aromatic rings. The van der Waals surface area contributed by atoms with Crippen molar-refractivity contribution in [2.75, 3.05) is 24.9 Å². The molecule has 0 bridgehead atoms. The maximum atomic E-state index is 13.6. The first-order valence-electron chi connectivity index (χ1n) is 7.12. The second-order valence-electron chi connectivity index (χ2n) is 5.49. The maximum absolute atomic E-state index is 13.6. The summed E-state index contributed by atoms with van der Waals surface area (Å²) in [5, 5.41) is 3.33. The van der Waals surface area contributed by atoms with Crippen LogP contribution in [-0.4, -0.2) is 38.9 Å². The van der Waals surface area contributed by atoms with E-state index in [4.69, 9.17) is 0 Å². The molecule has 21 heavy (non-hydrogen) atoms. The molecule has 0 saturated heterocycles. The molecule has 0 heterocycles. The Morgan fingerprint density at radius 2 is 2.10 bits per heavy atom. The van der Waals surface area contributed by atoms with Crippen molar-refractivity contribution in [1.82, 2.24) is 9.62 Å². The van der Waals surface area contributed by atoms with Crippen molar-refractivity contribution in [3.05, 3.63) is 29.6 Å². The van der Waals surface area contributed by atoms with E-state index in [-0.39, 0.29) is 5.69 Å². The van der Waals surface area contributed by atoms with Gasteiger partial charge in [0.2, 0.25) is 0 Å². The van der Waals surface area contributed by atoms with Crippen LogP contribution < -0.4 is 10.0 Å². The highest BCUT2D eigenvalue weighted by atomic mass is 32.2. The second-order valence-corrected chi connectivity index (χ2v) is 7.27. The van der Waals surface area contributed by atoms with Crippen LogP contribution >= 0.6 is 0 Å². The molecule has 1 aromatic carbocycles. The van der Waals surface area contributed by atoms with E-state index in [1.807, 2.05) is 0 Å². The predicted molar refractivity (Wildman–Crippen MR) is 82.0 cm³/mol.